The van der Waals surface area contributed by atoms with Crippen LogP contribution in [0.5, 0.6) is 5.75 Å². The van der Waals surface area contributed by atoms with Gasteiger partial charge < -0.3 is 25.0 Å². The van der Waals surface area contributed by atoms with Gasteiger partial charge in [0, 0.05) is 48.5 Å². The summed E-state index contributed by atoms with van der Waals surface area (Å²) in [5.74, 6) is 0.433. The Hall–Kier alpha value is -3.06. The normalized spacial score (nSPS) is 21.8. The van der Waals surface area contributed by atoms with Gasteiger partial charge >= 0.3 is 0 Å². The molecule has 4 aliphatic rings. The quantitative estimate of drug-likeness (QED) is 0.580. The van der Waals surface area contributed by atoms with Crippen molar-refractivity contribution in [2.24, 2.45) is 0 Å². The van der Waals surface area contributed by atoms with Gasteiger partial charge in [-0.15, -0.1) is 0 Å². The first-order valence-corrected chi connectivity index (χ1v) is 14.8. The van der Waals surface area contributed by atoms with Crippen molar-refractivity contribution >= 4 is 17.5 Å². The maximum atomic E-state index is 13.3. The number of nitrogens with zero attached hydrogens (tertiary/aromatic N) is 2. The fraction of sp³-hybridized carbons (Fsp3) is 0.562. The lowest BCUT2D eigenvalue weighted by molar-refractivity contribution is -0.143. The number of aryl methyl sites for hydroxylation is 1. The fourth-order valence-corrected chi connectivity index (χ4v) is 6.75. The zero-order valence-electron chi connectivity index (χ0n) is 23.1. The number of methoxy groups -OCH3 is 1. The highest BCUT2D eigenvalue weighted by Crippen LogP contribution is 2.41. The molecule has 1 saturated heterocycles. The number of carbonyl (C=O) groups is 2. The molecule has 2 aromatic rings. The average Bonchev–Trinajstić information content (AvgIpc) is 3.72. The topological polar surface area (TPSA) is 82.1 Å². The Labute approximate surface area is 231 Å². The minimum absolute atomic E-state index is 0.0591. The van der Waals surface area contributed by atoms with E-state index >= 15 is 0 Å². The number of ether oxygens (including phenoxy) is 1. The van der Waals surface area contributed by atoms with E-state index in [2.05, 4.69) is 23.5 Å². The SMILES string of the molecule is COc1cc(C(=O)N2CCN(C(=O)C3(O)CC3)CC2)ccc1-c1ccc2c(c1)CCC1(CCCCCCC1)N2. The molecule has 2 N–H and O–H groups in total. The zero-order valence-corrected chi connectivity index (χ0v) is 23.1. The van der Waals surface area contributed by atoms with Crippen LogP contribution in [0.2, 0.25) is 0 Å². The van der Waals surface area contributed by atoms with E-state index in [4.69, 9.17) is 4.74 Å². The number of benzene rings is 2. The lowest BCUT2D eigenvalue weighted by Gasteiger charge is -2.41. The van der Waals surface area contributed by atoms with Crippen molar-refractivity contribution in [2.75, 3.05) is 38.6 Å². The summed E-state index contributed by atoms with van der Waals surface area (Å²) in [6.45, 7) is 1.83. The van der Waals surface area contributed by atoms with Gasteiger partial charge in [0.15, 0.2) is 0 Å². The first-order chi connectivity index (χ1) is 18.9. The van der Waals surface area contributed by atoms with Crippen LogP contribution in [-0.2, 0) is 11.2 Å². The van der Waals surface area contributed by atoms with Crippen molar-refractivity contribution in [1.29, 1.82) is 0 Å². The van der Waals surface area contributed by atoms with E-state index < -0.39 is 5.60 Å². The Morgan fingerprint density at radius 3 is 2.23 bits per heavy atom. The molecule has 39 heavy (non-hydrogen) atoms. The van der Waals surface area contributed by atoms with E-state index in [1.165, 1.54) is 62.6 Å². The molecule has 0 atom stereocenters. The molecule has 2 saturated carbocycles. The van der Waals surface area contributed by atoms with Gasteiger partial charge in [-0.05, 0) is 80.0 Å². The Bertz CT molecular complexity index is 1240. The van der Waals surface area contributed by atoms with Crippen LogP contribution < -0.4 is 10.1 Å². The summed E-state index contributed by atoms with van der Waals surface area (Å²) < 4.78 is 5.76. The van der Waals surface area contributed by atoms with E-state index in [-0.39, 0.29) is 17.4 Å². The lowest BCUT2D eigenvalue weighted by atomic mass is 9.77. The van der Waals surface area contributed by atoms with E-state index in [9.17, 15) is 14.7 Å². The number of hydrogen-bond acceptors (Lipinski definition) is 5. The summed E-state index contributed by atoms with van der Waals surface area (Å²) in [4.78, 5) is 29.2. The van der Waals surface area contributed by atoms with Crippen LogP contribution in [0.3, 0.4) is 0 Å². The Morgan fingerprint density at radius 2 is 1.54 bits per heavy atom. The van der Waals surface area contributed by atoms with E-state index in [1.807, 2.05) is 18.2 Å². The number of fused-ring (bicyclic) bond motifs is 1. The van der Waals surface area contributed by atoms with Gasteiger partial charge in [-0.2, -0.15) is 0 Å². The number of carbonyl (C=O) groups excluding carboxylic acids is 2. The van der Waals surface area contributed by atoms with Crippen molar-refractivity contribution in [3.63, 3.8) is 0 Å². The van der Waals surface area contributed by atoms with Crippen LogP contribution in [0.4, 0.5) is 5.69 Å². The third-order valence-corrected chi connectivity index (χ3v) is 9.42. The molecule has 2 aliphatic heterocycles. The molecule has 208 valence electrons. The van der Waals surface area contributed by atoms with E-state index in [0.29, 0.717) is 50.3 Å². The molecule has 1 spiro atoms. The van der Waals surface area contributed by atoms with Gasteiger partial charge in [0.05, 0.1) is 7.11 Å². The van der Waals surface area contributed by atoms with Crippen LogP contribution in [0.1, 0.15) is 80.1 Å². The minimum atomic E-state index is -1.15. The first-order valence-electron chi connectivity index (χ1n) is 14.8. The first kappa shape index (κ1) is 26.2. The summed E-state index contributed by atoms with van der Waals surface area (Å²) in [6, 6.07) is 12.4. The third kappa shape index (κ3) is 5.25. The monoisotopic (exact) mass is 531 g/mol. The summed E-state index contributed by atoms with van der Waals surface area (Å²) in [6.07, 6.45) is 12.6. The number of piperazine rings is 1. The maximum absolute atomic E-state index is 13.3. The van der Waals surface area contributed by atoms with E-state index in [0.717, 1.165) is 17.5 Å². The number of nitrogens with one attached hydrogen (secondary N) is 1. The molecule has 0 unspecified atom stereocenters. The van der Waals surface area contributed by atoms with Gasteiger partial charge in [0.2, 0.25) is 0 Å². The molecular weight excluding hydrogens is 490 g/mol. The number of rotatable bonds is 4. The second kappa shape index (κ2) is 10.5. The highest BCUT2D eigenvalue weighted by Gasteiger charge is 2.50. The van der Waals surface area contributed by atoms with Gasteiger partial charge in [-0.3, -0.25) is 9.59 Å². The summed E-state index contributed by atoms with van der Waals surface area (Å²) >= 11 is 0. The molecule has 2 heterocycles. The number of amides is 2. The van der Waals surface area contributed by atoms with Crippen LogP contribution in [0, 0.1) is 0 Å². The molecule has 2 amide bonds. The molecule has 2 aliphatic carbocycles. The predicted molar refractivity (Wildman–Crippen MR) is 152 cm³/mol. The molecule has 7 heteroatoms. The van der Waals surface area contributed by atoms with Gasteiger partial charge in [0.25, 0.3) is 11.8 Å². The molecular formula is C32H41N3O4. The van der Waals surface area contributed by atoms with Crippen molar-refractivity contribution < 1.29 is 19.4 Å². The van der Waals surface area contributed by atoms with Crippen LogP contribution >= 0.6 is 0 Å². The molecule has 0 bridgehead atoms. The van der Waals surface area contributed by atoms with Crippen LogP contribution in [0.15, 0.2) is 36.4 Å². The van der Waals surface area contributed by atoms with E-state index in [1.54, 1.807) is 16.9 Å². The van der Waals surface area contributed by atoms with Gasteiger partial charge in [-0.25, -0.2) is 0 Å². The third-order valence-electron chi connectivity index (χ3n) is 9.42. The molecule has 2 aromatic carbocycles. The number of anilines is 1. The highest BCUT2D eigenvalue weighted by atomic mass is 16.5. The van der Waals surface area contributed by atoms with Crippen LogP contribution in [-0.4, -0.2) is 71.1 Å². The van der Waals surface area contributed by atoms with Gasteiger partial charge in [0.1, 0.15) is 11.4 Å². The molecule has 0 radical (unpaired) electrons. The molecule has 3 fully saturated rings. The largest absolute Gasteiger partial charge is 0.496 e. The smallest absolute Gasteiger partial charge is 0.254 e. The predicted octanol–water partition coefficient (Wildman–Crippen LogP) is 5.01. The maximum Gasteiger partial charge on any atom is 0.254 e. The van der Waals surface area contributed by atoms with Crippen LogP contribution in [0.25, 0.3) is 11.1 Å². The highest BCUT2D eigenvalue weighted by molar-refractivity contribution is 5.96. The van der Waals surface area contributed by atoms with Crippen molar-refractivity contribution in [3.8, 4) is 16.9 Å². The zero-order chi connectivity index (χ0) is 27.0. The average molecular weight is 532 g/mol. The Balaban J connectivity index is 1.15. The van der Waals surface area contributed by atoms with Crippen molar-refractivity contribution in [2.45, 2.75) is 81.8 Å². The summed E-state index contributed by atoms with van der Waals surface area (Å²) in [7, 11) is 1.65. The number of aliphatic hydroxyl groups is 1. The Kier molecular flexibility index (Phi) is 7.04. The molecule has 6 rings (SSSR count). The van der Waals surface area contributed by atoms with Crippen molar-refractivity contribution in [3.05, 3.63) is 47.5 Å². The standard InChI is InChI=1S/C32H41N3O4/c1-39-28-22-25(29(36)34-17-19-35(20-18-34)30(37)32(38)15-16-32)7-9-26(28)23-8-10-27-24(21-23)11-14-31(33-27)12-5-3-2-4-6-13-31/h7-10,21-22,33,38H,2-6,11-20H2,1H3. The van der Waals surface area contributed by atoms with Crippen molar-refractivity contribution in [1.82, 2.24) is 9.80 Å². The summed E-state index contributed by atoms with van der Waals surface area (Å²) in [5, 5.41) is 14.1. The summed E-state index contributed by atoms with van der Waals surface area (Å²) in [5.41, 5.74) is 4.39. The second-order valence-corrected chi connectivity index (χ2v) is 12.1. The second-order valence-electron chi connectivity index (χ2n) is 12.1. The van der Waals surface area contributed by atoms with Gasteiger partial charge in [-0.1, -0.05) is 38.2 Å². The minimum Gasteiger partial charge on any atom is -0.496 e. The number of hydrogen-bond donors (Lipinski definition) is 2. The molecule has 7 nitrogen and oxygen atoms in total. The Morgan fingerprint density at radius 1 is 0.846 bits per heavy atom. The fourth-order valence-electron chi connectivity index (χ4n) is 6.75. The lowest BCUT2D eigenvalue weighted by Crippen LogP contribution is -2.53. The molecule has 0 aromatic heterocycles.